The summed E-state index contributed by atoms with van der Waals surface area (Å²) in [4.78, 5) is 20.7. The lowest BCUT2D eigenvalue weighted by Gasteiger charge is -2.12. The van der Waals surface area contributed by atoms with Gasteiger partial charge in [0.05, 0.1) is 22.4 Å². The van der Waals surface area contributed by atoms with Crippen LogP contribution in [0.15, 0.2) is 255 Å². The van der Waals surface area contributed by atoms with Crippen LogP contribution in [-0.4, -0.2) is 19.9 Å². The number of nitrogens with zero attached hydrogens (tertiary/aromatic N) is 4. The first-order valence-electron chi connectivity index (χ1n) is 22.9. The zero-order valence-electron chi connectivity index (χ0n) is 37.0. The van der Waals surface area contributed by atoms with Crippen LogP contribution in [0.5, 0.6) is 0 Å². The first-order chi connectivity index (χ1) is 33.7. The van der Waals surface area contributed by atoms with E-state index in [1.165, 1.54) is 33.4 Å². The van der Waals surface area contributed by atoms with Crippen molar-refractivity contribution in [3.05, 3.63) is 255 Å². The van der Waals surface area contributed by atoms with E-state index in [1.54, 1.807) is 0 Å². The number of rotatable bonds is 9. The maximum absolute atomic E-state index is 5.26. The molecule has 2 aromatic heterocycles. The molecule has 0 atom stereocenters. The van der Waals surface area contributed by atoms with Crippen LogP contribution in [0.4, 0.5) is 0 Å². The zero-order chi connectivity index (χ0) is 45.2. The van der Waals surface area contributed by atoms with Crippen molar-refractivity contribution in [2.75, 3.05) is 0 Å². The molecule has 0 aliphatic rings. The minimum atomic E-state index is 0.676. The normalized spacial score (nSPS) is 11.2. The molecule has 0 aliphatic carbocycles. The van der Waals surface area contributed by atoms with Crippen molar-refractivity contribution in [3.8, 4) is 101 Å². The fourth-order valence-electron chi connectivity index (χ4n) is 9.14. The molecule has 318 valence electrons. The van der Waals surface area contributed by atoms with Crippen molar-refractivity contribution in [3.63, 3.8) is 0 Å². The highest BCUT2D eigenvalue weighted by Gasteiger charge is 2.16. The van der Waals surface area contributed by atoms with E-state index in [-0.39, 0.29) is 0 Å². The fraction of sp³-hybridized carbons (Fsp3) is 0. The number of benzene rings is 10. The van der Waals surface area contributed by atoms with Gasteiger partial charge >= 0.3 is 0 Å². The largest absolute Gasteiger partial charge is 0.228 e. The molecule has 0 aliphatic heterocycles. The highest BCUT2D eigenvalue weighted by molar-refractivity contribution is 5.95. The van der Waals surface area contributed by atoms with Gasteiger partial charge in [-0.3, -0.25) is 0 Å². The summed E-state index contributed by atoms with van der Waals surface area (Å²) in [5.74, 6) is 1.35. The molecule has 0 bridgehead atoms. The van der Waals surface area contributed by atoms with E-state index < -0.39 is 0 Å². The van der Waals surface area contributed by atoms with E-state index in [9.17, 15) is 0 Å². The Morgan fingerprint density at radius 2 is 0.441 bits per heavy atom. The van der Waals surface area contributed by atoms with Crippen LogP contribution in [0.1, 0.15) is 0 Å². The number of aromatic nitrogens is 4. The Morgan fingerprint density at radius 3 is 0.794 bits per heavy atom. The Kier molecular flexibility index (Phi) is 10.5. The van der Waals surface area contributed by atoms with E-state index in [0.29, 0.717) is 11.6 Å². The molecule has 0 amide bonds. The predicted molar refractivity (Wildman–Crippen MR) is 282 cm³/mol. The van der Waals surface area contributed by atoms with Gasteiger partial charge in [0.25, 0.3) is 0 Å². The third-order valence-electron chi connectivity index (χ3n) is 12.7. The first-order valence-corrected chi connectivity index (χ1v) is 22.9. The minimum Gasteiger partial charge on any atom is -0.228 e. The van der Waals surface area contributed by atoms with Gasteiger partial charge in [0.1, 0.15) is 0 Å². The van der Waals surface area contributed by atoms with Gasteiger partial charge in [0.2, 0.25) is 0 Å². The average Bonchev–Trinajstić information content (AvgIpc) is 3.43. The monoisotopic (exact) mass is 866 g/mol. The molecule has 0 radical (unpaired) electrons. The van der Waals surface area contributed by atoms with Crippen LogP contribution in [0.3, 0.4) is 0 Å². The van der Waals surface area contributed by atoms with E-state index >= 15 is 0 Å². The SMILES string of the molecule is c1ccc(-c2ccc(-c3ccc(-c4nc(-c5cccc(-c6cccc(-c7nc(-c8ccc(-c9ccc(-c%10ccccc%10)cc9)cc8)c8ccccc8n7)c6)c5)nc5ccccc45)cc3)cc2)cc1. The van der Waals surface area contributed by atoms with Gasteiger partial charge in [-0.05, 0) is 79.9 Å². The molecule has 68 heavy (non-hydrogen) atoms. The summed E-state index contributed by atoms with van der Waals surface area (Å²) in [6, 6.07) is 89.4. The van der Waals surface area contributed by atoms with Crippen LogP contribution in [-0.2, 0) is 0 Å². The van der Waals surface area contributed by atoms with Crippen molar-refractivity contribution in [1.29, 1.82) is 0 Å². The summed E-state index contributed by atoms with van der Waals surface area (Å²) in [5.41, 5.74) is 19.2. The summed E-state index contributed by atoms with van der Waals surface area (Å²) in [6.45, 7) is 0. The van der Waals surface area contributed by atoms with Gasteiger partial charge < -0.3 is 0 Å². The van der Waals surface area contributed by atoms with Crippen LogP contribution >= 0.6 is 0 Å². The number of fused-ring (bicyclic) bond motifs is 2. The average molecular weight is 867 g/mol. The fourth-order valence-corrected chi connectivity index (χ4v) is 9.14. The molecule has 2 heterocycles. The van der Waals surface area contributed by atoms with Crippen molar-refractivity contribution >= 4 is 21.8 Å². The van der Waals surface area contributed by atoms with Gasteiger partial charge in [0, 0.05) is 33.0 Å². The summed E-state index contributed by atoms with van der Waals surface area (Å²) in [7, 11) is 0. The molecule has 0 N–H and O–H groups in total. The highest BCUT2D eigenvalue weighted by atomic mass is 14.9. The quantitative estimate of drug-likeness (QED) is 0.145. The molecule has 0 spiro atoms. The van der Waals surface area contributed by atoms with Gasteiger partial charge in [0.15, 0.2) is 11.6 Å². The summed E-state index contributed by atoms with van der Waals surface area (Å²) < 4.78 is 0. The lowest BCUT2D eigenvalue weighted by Crippen LogP contribution is -1.96. The van der Waals surface area contributed by atoms with Gasteiger partial charge in [-0.15, -0.1) is 0 Å². The Balaban J connectivity index is 0.840. The maximum atomic E-state index is 5.26. The van der Waals surface area contributed by atoms with Crippen LogP contribution < -0.4 is 0 Å². The molecular formula is C64H42N4. The zero-order valence-corrected chi connectivity index (χ0v) is 37.0. The molecule has 12 rings (SSSR count). The molecule has 4 heteroatoms. The van der Waals surface area contributed by atoms with E-state index in [1.807, 2.05) is 24.3 Å². The molecule has 12 aromatic rings. The van der Waals surface area contributed by atoms with E-state index in [4.69, 9.17) is 19.9 Å². The van der Waals surface area contributed by atoms with Crippen molar-refractivity contribution in [2.24, 2.45) is 0 Å². The first kappa shape index (κ1) is 40.4. The van der Waals surface area contributed by atoms with Gasteiger partial charge in [-0.1, -0.05) is 231 Å². The number of para-hydroxylation sites is 2. The summed E-state index contributed by atoms with van der Waals surface area (Å²) in [6.07, 6.45) is 0. The third kappa shape index (κ3) is 8.01. The van der Waals surface area contributed by atoms with Gasteiger partial charge in [-0.25, -0.2) is 19.9 Å². The van der Waals surface area contributed by atoms with Crippen LogP contribution in [0.25, 0.3) is 123 Å². The maximum Gasteiger partial charge on any atom is 0.160 e. The van der Waals surface area contributed by atoms with E-state index in [0.717, 1.165) is 77.7 Å². The Morgan fingerprint density at radius 1 is 0.176 bits per heavy atom. The van der Waals surface area contributed by atoms with Crippen LogP contribution in [0, 0.1) is 0 Å². The lowest BCUT2D eigenvalue weighted by molar-refractivity contribution is 1.23. The second-order valence-corrected chi connectivity index (χ2v) is 17.0. The molecular weight excluding hydrogens is 825 g/mol. The molecule has 0 saturated carbocycles. The summed E-state index contributed by atoms with van der Waals surface area (Å²) in [5, 5.41) is 2.03. The van der Waals surface area contributed by atoms with Crippen molar-refractivity contribution in [1.82, 2.24) is 19.9 Å². The number of hydrogen-bond donors (Lipinski definition) is 0. The van der Waals surface area contributed by atoms with Crippen LogP contribution in [0.2, 0.25) is 0 Å². The predicted octanol–water partition coefficient (Wildman–Crippen LogP) is 16.6. The Labute approximate surface area is 395 Å². The standard InChI is InChI=1S/C64H42N4/c1-3-13-43(14-4-1)45-25-29-47(30-26-45)49-33-37-51(38-34-49)61-57-21-7-9-23-59(57)65-63(67-61)55-19-11-17-53(41-55)54-18-12-20-56(42-54)64-66-60-24-10-8-22-58(60)62(68-64)52-39-35-50(36-40-52)48-31-27-46(28-32-48)44-15-5-2-6-16-44/h1-42H. The Bertz CT molecular complexity index is 3490. The second kappa shape index (κ2) is 17.7. The molecule has 0 fully saturated rings. The topological polar surface area (TPSA) is 51.6 Å². The molecule has 0 unspecified atom stereocenters. The van der Waals surface area contributed by atoms with Crippen molar-refractivity contribution < 1.29 is 0 Å². The smallest absolute Gasteiger partial charge is 0.160 e. The number of hydrogen-bond acceptors (Lipinski definition) is 4. The minimum absolute atomic E-state index is 0.676. The van der Waals surface area contributed by atoms with Gasteiger partial charge in [-0.2, -0.15) is 0 Å². The van der Waals surface area contributed by atoms with Crippen molar-refractivity contribution in [2.45, 2.75) is 0 Å². The third-order valence-corrected chi connectivity index (χ3v) is 12.7. The molecule has 10 aromatic carbocycles. The summed E-state index contributed by atoms with van der Waals surface area (Å²) >= 11 is 0. The Hall–Kier alpha value is -9.12. The molecule has 4 nitrogen and oxygen atoms in total. The second-order valence-electron chi connectivity index (χ2n) is 17.0. The van der Waals surface area contributed by atoms with E-state index in [2.05, 4.69) is 231 Å². The molecule has 0 saturated heterocycles. The highest BCUT2D eigenvalue weighted by Crippen LogP contribution is 2.36. The lowest BCUT2D eigenvalue weighted by atomic mass is 9.98.